The molecule has 0 aromatic heterocycles. The van der Waals surface area contributed by atoms with Crippen molar-refractivity contribution >= 4 is 21.6 Å². The second-order valence-electron chi connectivity index (χ2n) is 6.30. The van der Waals surface area contributed by atoms with E-state index in [9.17, 15) is 13.2 Å². The Morgan fingerprint density at radius 2 is 1.93 bits per heavy atom. The Balaban J connectivity index is 2.14. The number of aryl methyl sites for hydroxylation is 1. The van der Waals surface area contributed by atoms with Gasteiger partial charge in [0.15, 0.2) is 0 Å². The second kappa shape index (κ2) is 9.45. The molecule has 0 fully saturated rings. The van der Waals surface area contributed by atoms with Crippen molar-refractivity contribution in [2.24, 2.45) is 0 Å². The zero-order valence-electron chi connectivity index (χ0n) is 16.6. The average molecular weight is 407 g/mol. The lowest BCUT2D eigenvalue weighted by Crippen LogP contribution is -2.40. The molecule has 1 amide bonds. The molecule has 0 heterocycles. The second-order valence-corrected chi connectivity index (χ2v) is 8.21. The summed E-state index contributed by atoms with van der Waals surface area (Å²) in [6.45, 7) is 4.21. The maximum Gasteiger partial charge on any atom is 0.241 e. The molecule has 28 heavy (non-hydrogen) atoms. The molecule has 0 spiro atoms. The number of hydrogen-bond donors (Lipinski definition) is 1. The number of methoxy groups -OCH3 is 1. The quantitative estimate of drug-likeness (QED) is 0.692. The zero-order chi connectivity index (χ0) is 20.7. The van der Waals surface area contributed by atoms with Gasteiger partial charge in [0, 0.05) is 6.54 Å². The summed E-state index contributed by atoms with van der Waals surface area (Å²) in [5.41, 5.74) is 2.05. The smallest absolute Gasteiger partial charge is 0.241 e. The normalized spacial score (nSPS) is 11.0. The van der Waals surface area contributed by atoms with E-state index in [4.69, 9.17) is 9.47 Å². The van der Waals surface area contributed by atoms with Crippen LogP contribution in [-0.2, 0) is 21.4 Å². The highest BCUT2D eigenvalue weighted by atomic mass is 32.2. The molecule has 0 bridgehead atoms. The molecule has 2 rings (SSSR count). The van der Waals surface area contributed by atoms with Crippen LogP contribution in [0.4, 0.5) is 5.69 Å². The summed E-state index contributed by atoms with van der Waals surface area (Å²) in [5, 5.41) is 2.75. The molecule has 2 aromatic rings. The third-order valence-electron chi connectivity index (χ3n) is 3.99. The van der Waals surface area contributed by atoms with Gasteiger partial charge in [-0.05, 0) is 49.2 Å². The maximum atomic E-state index is 12.5. The minimum Gasteiger partial charge on any atom is -0.495 e. The number of sulfonamides is 1. The van der Waals surface area contributed by atoms with Crippen molar-refractivity contribution in [3.05, 3.63) is 53.6 Å². The van der Waals surface area contributed by atoms with Gasteiger partial charge in [-0.2, -0.15) is 0 Å². The molecule has 2 aromatic carbocycles. The van der Waals surface area contributed by atoms with Gasteiger partial charge in [-0.15, -0.1) is 0 Å². The van der Waals surface area contributed by atoms with E-state index in [1.807, 2.05) is 44.2 Å². The van der Waals surface area contributed by atoms with Crippen LogP contribution in [0.2, 0.25) is 0 Å². The van der Waals surface area contributed by atoms with Crippen LogP contribution in [0.1, 0.15) is 18.1 Å². The first-order valence-electron chi connectivity index (χ1n) is 8.85. The van der Waals surface area contributed by atoms with E-state index < -0.39 is 15.9 Å². The number of amides is 1. The minimum absolute atomic E-state index is 0.266. The third kappa shape index (κ3) is 5.88. The highest BCUT2D eigenvalue weighted by molar-refractivity contribution is 7.92. The van der Waals surface area contributed by atoms with Crippen LogP contribution >= 0.6 is 0 Å². The molecule has 0 radical (unpaired) electrons. The lowest BCUT2D eigenvalue weighted by molar-refractivity contribution is -0.119. The first-order chi connectivity index (χ1) is 13.2. The predicted octanol–water partition coefficient (Wildman–Crippen LogP) is 2.48. The van der Waals surface area contributed by atoms with Gasteiger partial charge in [-0.3, -0.25) is 9.10 Å². The number of rotatable bonds is 9. The van der Waals surface area contributed by atoms with Gasteiger partial charge in [0.05, 0.1) is 25.7 Å². The summed E-state index contributed by atoms with van der Waals surface area (Å²) in [7, 11) is -2.23. The van der Waals surface area contributed by atoms with Gasteiger partial charge in [-0.25, -0.2) is 8.42 Å². The Hall–Kier alpha value is -2.74. The standard InChI is InChI=1S/C20H26N2O5S/c1-5-27-17-8-6-7-16(12-17)13-21-20(23)14-22(28(4,24)25)18-11-15(2)9-10-19(18)26-3/h6-12H,5,13-14H2,1-4H3,(H,21,23). The SMILES string of the molecule is CCOc1cccc(CNC(=O)CN(c2cc(C)ccc2OC)S(C)(=O)=O)c1. The number of nitrogens with one attached hydrogen (secondary N) is 1. The zero-order valence-corrected chi connectivity index (χ0v) is 17.4. The van der Waals surface area contributed by atoms with E-state index in [-0.39, 0.29) is 13.1 Å². The summed E-state index contributed by atoms with van der Waals surface area (Å²) in [6, 6.07) is 12.5. The summed E-state index contributed by atoms with van der Waals surface area (Å²) in [4.78, 5) is 12.5. The number of carbonyl (C=O) groups is 1. The summed E-state index contributed by atoms with van der Waals surface area (Å²) in [5.74, 6) is 0.681. The number of benzene rings is 2. The molecular weight excluding hydrogens is 380 g/mol. The first kappa shape index (κ1) is 21.6. The number of anilines is 1. The Labute approximate surface area is 166 Å². The predicted molar refractivity (Wildman–Crippen MR) is 109 cm³/mol. The molecule has 7 nitrogen and oxygen atoms in total. The first-order valence-corrected chi connectivity index (χ1v) is 10.7. The van der Waals surface area contributed by atoms with Crippen LogP contribution < -0.4 is 19.1 Å². The van der Waals surface area contributed by atoms with E-state index in [0.717, 1.165) is 27.4 Å². The van der Waals surface area contributed by atoms with Crippen molar-refractivity contribution in [3.8, 4) is 11.5 Å². The highest BCUT2D eigenvalue weighted by Crippen LogP contribution is 2.30. The van der Waals surface area contributed by atoms with E-state index in [0.29, 0.717) is 18.0 Å². The summed E-state index contributed by atoms with van der Waals surface area (Å²) >= 11 is 0. The van der Waals surface area contributed by atoms with Crippen molar-refractivity contribution in [3.63, 3.8) is 0 Å². The van der Waals surface area contributed by atoms with Crippen molar-refractivity contribution in [2.75, 3.05) is 30.8 Å². The lowest BCUT2D eigenvalue weighted by Gasteiger charge is -2.24. The Morgan fingerprint density at radius 3 is 2.57 bits per heavy atom. The summed E-state index contributed by atoms with van der Waals surface area (Å²) in [6.07, 6.45) is 1.06. The molecule has 0 aliphatic carbocycles. The van der Waals surface area contributed by atoms with Gasteiger partial charge < -0.3 is 14.8 Å². The molecular formula is C20H26N2O5S. The van der Waals surface area contributed by atoms with Gasteiger partial charge in [-0.1, -0.05) is 18.2 Å². The number of carbonyl (C=O) groups excluding carboxylic acids is 1. The van der Waals surface area contributed by atoms with Crippen LogP contribution in [0.25, 0.3) is 0 Å². The van der Waals surface area contributed by atoms with Crippen molar-refractivity contribution in [1.82, 2.24) is 5.32 Å². The topological polar surface area (TPSA) is 84.9 Å². The molecule has 8 heteroatoms. The fourth-order valence-corrected chi connectivity index (χ4v) is 3.53. The monoisotopic (exact) mass is 406 g/mol. The molecule has 0 unspecified atom stereocenters. The number of hydrogen-bond acceptors (Lipinski definition) is 5. The molecule has 152 valence electrons. The summed E-state index contributed by atoms with van der Waals surface area (Å²) < 4.78 is 36.4. The highest BCUT2D eigenvalue weighted by Gasteiger charge is 2.24. The largest absolute Gasteiger partial charge is 0.495 e. The molecule has 0 atom stereocenters. The molecule has 0 saturated heterocycles. The van der Waals surface area contributed by atoms with E-state index in [2.05, 4.69) is 5.32 Å². The molecule has 1 N–H and O–H groups in total. The Kier molecular flexibility index (Phi) is 7.28. The Morgan fingerprint density at radius 1 is 1.18 bits per heavy atom. The fraction of sp³-hybridized carbons (Fsp3) is 0.350. The molecule has 0 aliphatic rings. The average Bonchev–Trinajstić information content (AvgIpc) is 2.64. The van der Waals surface area contributed by atoms with E-state index in [1.165, 1.54) is 7.11 Å². The maximum absolute atomic E-state index is 12.5. The van der Waals surface area contributed by atoms with Crippen LogP contribution in [0.15, 0.2) is 42.5 Å². The van der Waals surface area contributed by atoms with Crippen LogP contribution in [-0.4, -0.2) is 40.8 Å². The van der Waals surface area contributed by atoms with Crippen molar-refractivity contribution < 1.29 is 22.7 Å². The van der Waals surface area contributed by atoms with Gasteiger partial charge in [0.2, 0.25) is 15.9 Å². The minimum atomic E-state index is -3.69. The van der Waals surface area contributed by atoms with Crippen LogP contribution in [0.3, 0.4) is 0 Å². The van der Waals surface area contributed by atoms with Gasteiger partial charge in [0.1, 0.15) is 18.0 Å². The van der Waals surface area contributed by atoms with Crippen LogP contribution in [0.5, 0.6) is 11.5 Å². The Bertz CT molecular complexity index is 928. The lowest BCUT2D eigenvalue weighted by atomic mass is 10.2. The van der Waals surface area contributed by atoms with Crippen molar-refractivity contribution in [1.29, 1.82) is 0 Å². The van der Waals surface area contributed by atoms with Crippen LogP contribution in [0, 0.1) is 6.92 Å². The van der Waals surface area contributed by atoms with Gasteiger partial charge >= 0.3 is 0 Å². The van der Waals surface area contributed by atoms with E-state index >= 15 is 0 Å². The van der Waals surface area contributed by atoms with Gasteiger partial charge in [0.25, 0.3) is 0 Å². The number of nitrogens with zero attached hydrogens (tertiary/aromatic N) is 1. The van der Waals surface area contributed by atoms with Crippen molar-refractivity contribution in [2.45, 2.75) is 20.4 Å². The molecule has 0 saturated carbocycles. The third-order valence-corrected chi connectivity index (χ3v) is 5.12. The molecule has 0 aliphatic heterocycles. The number of ether oxygens (including phenoxy) is 2. The van der Waals surface area contributed by atoms with E-state index in [1.54, 1.807) is 12.1 Å². The fourth-order valence-electron chi connectivity index (χ4n) is 2.67.